The van der Waals surface area contributed by atoms with E-state index >= 15 is 0 Å². The molecule has 0 saturated carbocycles. The fourth-order valence-corrected chi connectivity index (χ4v) is 2.10. The number of nitrogens with zero attached hydrogens (tertiary/aromatic N) is 1. The van der Waals surface area contributed by atoms with E-state index in [9.17, 15) is 24.6 Å². The summed E-state index contributed by atoms with van der Waals surface area (Å²) in [6.07, 6.45) is 1.51. The van der Waals surface area contributed by atoms with Crippen LogP contribution in [0.3, 0.4) is 0 Å². The Kier molecular flexibility index (Phi) is 8.35. The van der Waals surface area contributed by atoms with E-state index in [1.165, 1.54) is 24.4 Å². The van der Waals surface area contributed by atoms with E-state index in [2.05, 4.69) is 4.98 Å². The van der Waals surface area contributed by atoms with Gasteiger partial charge >= 0.3 is 0 Å². The maximum absolute atomic E-state index is 11.4. The summed E-state index contributed by atoms with van der Waals surface area (Å²) in [5, 5.41) is 18.6. The van der Waals surface area contributed by atoms with Crippen molar-refractivity contribution in [3.63, 3.8) is 0 Å². The van der Waals surface area contributed by atoms with Crippen LogP contribution >= 0.6 is 0 Å². The minimum atomic E-state index is -3.11. The van der Waals surface area contributed by atoms with Gasteiger partial charge in [0.05, 0.1) is 11.1 Å². The number of aliphatic hydroxyl groups is 1. The molecule has 10 nitrogen and oxygen atoms in total. The second-order valence-corrected chi connectivity index (χ2v) is 5.43. The Balaban J connectivity index is 0.000000241. The minimum absolute atomic E-state index is 0.0304. The fourth-order valence-electron chi connectivity index (χ4n) is 2.10. The van der Waals surface area contributed by atoms with Crippen molar-refractivity contribution in [2.45, 2.75) is 12.5 Å². The molecule has 0 saturated heterocycles. The van der Waals surface area contributed by atoms with Crippen LogP contribution in [-0.2, 0) is 11.4 Å². The second kappa shape index (κ2) is 10.2. The van der Waals surface area contributed by atoms with Gasteiger partial charge in [-0.15, -0.1) is 11.4 Å². The molecule has 1 heterocycles. The first kappa shape index (κ1) is 22.1. The lowest BCUT2D eigenvalue weighted by molar-refractivity contribution is 0.0651. The molecule has 0 spiro atoms. The molecule has 4 N–H and O–H groups in total. The largest absolute Gasteiger partial charge is 0.784 e. The van der Waals surface area contributed by atoms with E-state index in [4.69, 9.17) is 19.0 Å². The zero-order chi connectivity index (χ0) is 20.6. The summed E-state index contributed by atoms with van der Waals surface area (Å²) in [4.78, 5) is 36.9. The predicted octanol–water partition coefficient (Wildman–Crippen LogP) is -0.301. The van der Waals surface area contributed by atoms with Gasteiger partial charge in [0.25, 0.3) is 0 Å². The Morgan fingerprint density at radius 3 is 2.33 bits per heavy atom. The first-order valence-electron chi connectivity index (χ1n) is 7.19. The molecule has 1 aromatic carbocycles. The number of rotatable bonds is 1. The molecule has 144 valence electrons. The molecule has 27 heavy (non-hydrogen) atoms. The average Bonchev–Trinajstić information content (AvgIpc) is 2.60. The molecule has 1 amide bonds. The highest BCUT2D eigenvalue weighted by atomic mass is 32.2. The van der Waals surface area contributed by atoms with Crippen molar-refractivity contribution < 1.29 is 37.9 Å². The van der Waals surface area contributed by atoms with E-state index in [1.807, 2.05) is 0 Å². The Bertz CT molecular complexity index is 853. The third-order valence-electron chi connectivity index (χ3n) is 3.21. The topological polar surface area (TPSA) is 194 Å². The summed E-state index contributed by atoms with van der Waals surface area (Å²) in [5.74, 6) is -1.54. The van der Waals surface area contributed by atoms with Gasteiger partial charge in [-0.1, -0.05) is 12.1 Å². The smallest absolute Gasteiger partial charge is 0.250 e. The molecular formula is C16H14N2O8S-2. The number of pyridine rings is 1. The van der Waals surface area contributed by atoms with Crippen LogP contribution in [0.25, 0.3) is 0 Å². The number of Topliss-reactive ketones (excluding diaryl/α,β-unsaturated/α-hetero) is 2. The lowest BCUT2D eigenvalue weighted by Gasteiger charge is -2.18. The van der Waals surface area contributed by atoms with E-state index in [-0.39, 0.29) is 23.3 Å². The molecule has 1 atom stereocenters. The van der Waals surface area contributed by atoms with Crippen LogP contribution in [-0.4, -0.2) is 52.1 Å². The highest BCUT2D eigenvalue weighted by molar-refractivity contribution is 7.72. The Labute approximate surface area is 155 Å². The number of carbonyl (C=O) groups excluding carboxylic acids is 3. The number of carbonyl (C=O) groups is 3. The number of ketones is 2. The molecule has 1 aliphatic rings. The van der Waals surface area contributed by atoms with Crippen molar-refractivity contribution >= 4 is 28.8 Å². The number of aliphatic hydroxyl groups excluding tert-OH is 1. The van der Waals surface area contributed by atoms with Gasteiger partial charge in [0.1, 0.15) is 11.9 Å². The molecule has 0 aliphatic heterocycles. The summed E-state index contributed by atoms with van der Waals surface area (Å²) in [7, 11) is 0. The van der Waals surface area contributed by atoms with Crippen LogP contribution in [0.15, 0.2) is 42.7 Å². The Morgan fingerprint density at radius 1 is 1.22 bits per heavy atom. The number of primary amides is 1. The summed E-state index contributed by atoms with van der Waals surface area (Å²) >= 11 is -3.11. The number of aromatic nitrogens is 1. The van der Waals surface area contributed by atoms with E-state index in [0.29, 0.717) is 5.56 Å². The molecule has 0 fully saturated rings. The van der Waals surface area contributed by atoms with Crippen molar-refractivity contribution in [3.05, 3.63) is 59.4 Å². The highest BCUT2D eigenvalue weighted by Crippen LogP contribution is 2.28. The quantitative estimate of drug-likeness (QED) is 0.544. The number of amides is 1. The molecule has 2 aromatic rings. The first-order chi connectivity index (χ1) is 12.6. The fraction of sp³-hybridized carbons (Fsp3) is 0.125. The van der Waals surface area contributed by atoms with Gasteiger partial charge in [0.15, 0.2) is 11.6 Å². The molecule has 1 aromatic heterocycles. The molecule has 0 radical (unpaired) electrons. The van der Waals surface area contributed by atoms with Crippen LogP contribution in [0.2, 0.25) is 0 Å². The lowest BCUT2D eigenvalue weighted by Crippen LogP contribution is -2.31. The molecule has 1 aliphatic carbocycles. The summed E-state index contributed by atoms with van der Waals surface area (Å²) in [6, 6.07) is 7.53. The number of phenolic OH excluding ortho intramolecular Hbond substituents is 1. The third-order valence-corrected chi connectivity index (χ3v) is 3.21. The Morgan fingerprint density at radius 2 is 1.85 bits per heavy atom. The summed E-state index contributed by atoms with van der Waals surface area (Å²) in [6.45, 7) is 0. The van der Waals surface area contributed by atoms with E-state index < -0.39 is 34.9 Å². The van der Waals surface area contributed by atoms with Gasteiger partial charge < -0.3 is 25.1 Å². The monoisotopic (exact) mass is 394 g/mol. The van der Waals surface area contributed by atoms with Crippen molar-refractivity contribution in [1.29, 1.82) is 0 Å². The number of hydrogen-bond acceptors (Lipinski definition) is 9. The van der Waals surface area contributed by atoms with Gasteiger partial charge in [0, 0.05) is 24.4 Å². The number of benzene rings is 1. The van der Waals surface area contributed by atoms with Crippen LogP contribution in [0, 0.1) is 0 Å². The van der Waals surface area contributed by atoms with Gasteiger partial charge in [0.2, 0.25) is 5.91 Å². The minimum Gasteiger partial charge on any atom is -0.784 e. The van der Waals surface area contributed by atoms with Crippen LogP contribution in [0.5, 0.6) is 5.75 Å². The maximum Gasteiger partial charge on any atom is 0.250 e. The number of fused-ring (bicyclic) bond motifs is 1. The maximum atomic E-state index is 11.4. The van der Waals surface area contributed by atoms with Gasteiger partial charge in [-0.25, -0.2) is 0 Å². The summed E-state index contributed by atoms with van der Waals surface area (Å²) < 4.78 is 25.3. The van der Waals surface area contributed by atoms with Crippen LogP contribution < -0.4 is 5.73 Å². The second-order valence-electron chi connectivity index (χ2n) is 5.02. The standard InChI is InChI=1S/C10H8O4.C6H6N2O.H2O3S/c11-6-3-1-2-5-9(6)7(12)4-8(13)10(5)14;7-6(9)5-2-1-3-8-4-5;1-4(2)3/h1-3,8,11,13H,4H2;1-4H,(H2,7,9);(H2,1,2,3)/p-2. The van der Waals surface area contributed by atoms with E-state index in [1.54, 1.807) is 18.3 Å². The van der Waals surface area contributed by atoms with Crippen molar-refractivity contribution in [2.24, 2.45) is 5.73 Å². The van der Waals surface area contributed by atoms with Gasteiger partial charge in [-0.05, 0) is 18.2 Å². The van der Waals surface area contributed by atoms with Crippen LogP contribution in [0.1, 0.15) is 37.5 Å². The summed E-state index contributed by atoms with van der Waals surface area (Å²) in [5.41, 5.74) is 5.51. The van der Waals surface area contributed by atoms with Crippen molar-refractivity contribution in [1.82, 2.24) is 4.98 Å². The number of hydrogen-bond donors (Lipinski definition) is 3. The molecular weight excluding hydrogens is 380 g/mol. The predicted molar refractivity (Wildman–Crippen MR) is 89.8 cm³/mol. The molecule has 1 unspecified atom stereocenters. The molecule has 11 heteroatoms. The number of aromatic hydroxyl groups is 1. The Hall–Kier alpha value is -2.99. The first-order valence-corrected chi connectivity index (χ1v) is 8.19. The zero-order valence-corrected chi connectivity index (χ0v) is 14.4. The normalized spacial score (nSPS) is 15.0. The van der Waals surface area contributed by atoms with Crippen molar-refractivity contribution in [2.75, 3.05) is 0 Å². The zero-order valence-electron chi connectivity index (χ0n) is 13.6. The molecule has 3 rings (SSSR count). The average molecular weight is 394 g/mol. The number of phenols is 1. The third kappa shape index (κ3) is 6.67. The van der Waals surface area contributed by atoms with Gasteiger partial charge in [-0.2, -0.15) is 0 Å². The molecule has 0 bridgehead atoms. The lowest BCUT2D eigenvalue weighted by atomic mass is 9.87. The van der Waals surface area contributed by atoms with Crippen molar-refractivity contribution in [3.8, 4) is 5.75 Å². The number of nitrogens with two attached hydrogens (primary N) is 1. The van der Waals surface area contributed by atoms with Crippen LogP contribution in [0.4, 0.5) is 0 Å². The SMILES string of the molecule is NC(=O)c1cccnc1.O=C1CC(O)C(=O)c2cccc(O)c21.O=S([O-])[O-]. The van der Waals surface area contributed by atoms with E-state index in [0.717, 1.165) is 0 Å². The highest BCUT2D eigenvalue weighted by Gasteiger charge is 2.32. The van der Waals surface area contributed by atoms with Gasteiger partial charge in [-0.3, -0.25) is 23.6 Å².